The number of hydrogen-bond acceptors (Lipinski definition) is 3. The first kappa shape index (κ1) is 14.8. The summed E-state index contributed by atoms with van der Waals surface area (Å²) in [6.07, 6.45) is 0. The van der Waals surface area contributed by atoms with Gasteiger partial charge in [0.15, 0.2) is 0 Å². The molecule has 0 aliphatic rings. The average molecular weight is 311 g/mol. The molecule has 0 spiro atoms. The molecule has 0 aliphatic heterocycles. The lowest BCUT2D eigenvalue weighted by atomic mass is 10.2. The Labute approximate surface area is 123 Å². The first-order chi connectivity index (χ1) is 9.53. The van der Waals surface area contributed by atoms with E-state index in [1.165, 1.54) is 7.05 Å². The SMILES string of the molecule is CNS(=O)(=O)c1cccc(NCc2ccccc2Cl)c1. The zero-order valence-corrected chi connectivity index (χ0v) is 12.5. The van der Waals surface area contributed by atoms with Crippen LogP contribution in [0.5, 0.6) is 0 Å². The van der Waals surface area contributed by atoms with E-state index in [4.69, 9.17) is 11.6 Å². The maximum absolute atomic E-state index is 11.7. The molecule has 0 amide bonds. The van der Waals surface area contributed by atoms with E-state index in [1.807, 2.05) is 30.3 Å². The van der Waals surface area contributed by atoms with E-state index in [9.17, 15) is 8.42 Å². The van der Waals surface area contributed by atoms with Crippen molar-refractivity contribution >= 4 is 27.3 Å². The van der Waals surface area contributed by atoms with Crippen LogP contribution in [0, 0.1) is 0 Å². The van der Waals surface area contributed by atoms with Crippen LogP contribution in [0.4, 0.5) is 5.69 Å². The molecule has 20 heavy (non-hydrogen) atoms. The number of hydrogen-bond donors (Lipinski definition) is 2. The van der Waals surface area contributed by atoms with Crippen molar-refractivity contribution in [3.8, 4) is 0 Å². The van der Waals surface area contributed by atoms with Crippen molar-refractivity contribution in [3.63, 3.8) is 0 Å². The normalized spacial score (nSPS) is 11.3. The quantitative estimate of drug-likeness (QED) is 0.893. The van der Waals surface area contributed by atoms with Gasteiger partial charge in [0.1, 0.15) is 0 Å². The van der Waals surface area contributed by atoms with Crippen molar-refractivity contribution in [2.45, 2.75) is 11.4 Å². The molecule has 0 atom stereocenters. The van der Waals surface area contributed by atoms with Crippen molar-refractivity contribution in [3.05, 3.63) is 59.1 Å². The maximum Gasteiger partial charge on any atom is 0.240 e. The number of nitrogens with one attached hydrogen (secondary N) is 2. The van der Waals surface area contributed by atoms with E-state index in [0.29, 0.717) is 11.6 Å². The first-order valence-electron chi connectivity index (χ1n) is 6.04. The third-order valence-electron chi connectivity index (χ3n) is 2.85. The fourth-order valence-corrected chi connectivity index (χ4v) is 2.71. The number of halogens is 1. The highest BCUT2D eigenvalue weighted by molar-refractivity contribution is 7.89. The summed E-state index contributed by atoms with van der Waals surface area (Å²) in [6, 6.07) is 14.2. The highest BCUT2D eigenvalue weighted by Crippen LogP contribution is 2.19. The molecule has 2 rings (SSSR count). The molecule has 6 heteroatoms. The van der Waals surface area contributed by atoms with Crippen molar-refractivity contribution in [1.82, 2.24) is 4.72 Å². The van der Waals surface area contributed by atoms with Crippen LogP contribution in [0.2, 0.25) is 5.02 Å². The van der Waals surface area contributed by atoms with Gasteiger partial charge < -0.3 is 5.32 Å². The Hall–Kier alpha value is -1.56. The Balaban J connectivity index is 2.15. The number of rotatable bonds is 5. The highest BCUT2D eigenvalue weighted by atomic mass is 35.5. The minimum Gasteiger partial charge on any atom is -0.381 e. The number of benzene rings is 2. The molecule has 0 aliphatic carbocycles. The van der Waals surface area contributed by atoms with Crippen LogP contribution >= 0.6 is 11.6 Å². The average Bonchev–Trinajstić information content (AvgIpc) is 2.47. The summed E-state index contributed by atoms with van der Waals surface area (Å²) in [5, 5.41) is 3.84. The van der Waals surface area contributed by atoms with Gasteiger partial charge in [-0.15, -0.1) is 0 Å². The van der Waals surface area contributed by atoms with Crippen molar-refractivity contribution < 1.29 is 8.42 Å². The summed E-state index contributed by atoms with van der Waals surface area (Å²) in [6.45, 7) is 0.530. The Bertz CT molecular complexity index is 702. The zero-order chi connectivity index (χ0) is 14.6. The van der Waals surface area contributed by atoms with E-state index in [2.05, 4.69) is 10.0 Å². The van der Waals surface area contributed by atoms with Gasteiger partial charge in [-0.2, -0.15) is 0 Å². The molecule has 0 radical (unpaired) electrons. The second-order valence-corrected chi connectivity index (χ2v) is 6.47. The Morgan fingerprint density at radius 1 is 1.10 bits per heavy atom. The van der Waals surface area contributed by atoms with Crippen molar-refractivity contribution in [1.29, 1.82) is 0 Å². The van der Waals surface area contributed by atoms with Crippen molar-refractivity contribution in [2.24, 2.45) is 0 Å². The summed E-state index contributed by atoms with van der Waals surface area (Å²) in [7, 11) is -2.04. The Kier molecular flexibility index (Phi) is 4.65. The predicted molar refractivity (Wildman–Crippen MR) is 81.5 cm³/mol. The third-order valence-corrected chi connectivity index (χ3v) is 4.63. The number of anilines is 1. The van der Waals surface area contributed by atoms with Crippen LogP contribution in [-0.2, 0) is 16.6 Å². The summed E-state index contributed by atoms with van der Waals surface area (Å²) in [5.41, 5.74) is 1.68. The van der Waals surface area contributed by atoms with E-state index in [0.717, 1.165) is 11.3 Å². The fraction of sp³-hybridized carbons (Fsp3) is 0.143. The van der Waals surface area contributed by atoms with E-state index >= 15 is 0 Å². The summed E-state index contributed by atoms with van der Waals surface area (Å²) in [5.74, 6) is 0. The largest absolute Gasteiger partial charge is 0.381 e. The summed E-state index contributed by atoms with van der Waals surface area (Å²) >= 11 is 6.07. The van der Waals surface area contributed by atoms with Crippen molar-refractivity contribution in [2.75, 3.05) is 12.4 Å². The van der Waals surface area contributed by atoms with Crippen LogP contribution < -0.4 is 10.0 Å². The lowest BCUT2D eigenvalue weighted by Gasteiger charge is -2.09. The van der Waals surface area contributed by atoms with Gasteiger partial charge in [-0.3, -0.25) is 0 Å². The Morgan fingerprint density at radius 3 is 2.55 bits per heavy atom. The molecule has 0 bridgehead atoms. The molecular formula is C14H15ClN2O2S. The third kappa shape index (κ3) is 3.50. The molecule has 0 saturated carbocycles. The lowest BCUT2D eigenvalue weighted by molar-refractivity contribution is 0.588. The van der Waals surface area contributed by atoms with Gasteiger partial charge in [-0.1, -0.05) is 35.9 Å². The minimum absolute atomic E-state index is 0.226. The van der Waals surface area contributed by atoms with E-state index in [1.54, 1.807) is 18.2 Å². The van der Waals surface area contributed by atoms with Crippen LogP contribution in [0.25, 0.3) is 0 Å². The first-order valence-corrected chi connectivity index (χ1v) is 7.90. The molecule has 106 valence electrons. The molecule has 2 aromatic rings. The molecule has 2 aromatic carbocycles. The zero-order valence-electron chi connectivity index (χ0n) is 10.9. The second-order valence-electron chi connectivity index (χ2n) is 4.18. The van der Waals surface area contributed by atoms with Gasteiger partial charge >= 0.3 is 0 Å². The van der Waals surface area contributed by atoms with Gasteiger partial charge in [0.05, 0.1) is 4.90 Å². The standard InChI is InChI=1S/C14H15ClN2O2S/c1-16-20(18,19)13-7-4-6-12(9-13)17-10-11-5-2-3-8-14(11)15/h2-9,16-17H,10H2,1H3. The van der Waals surface area contributed by atoms with Gasteiger partial charge in [-0.25, -0.2) is 13.1 Å². The van der Waals surface area contributed by atoms with Crippen LogP contribution in [0.15, 0.2) is 53.4 Å². The molecule has 0 unspecified atom stereocenters. The highest BCUT2D eigenvalue weighted by Gasteiger charge is 2.11. The summed E-state index contributed by atoms with van der Waals surface area (Å²) in [4.78, 5) is 0.226. The molecule has 0 aromatic heterocycles. The van der Waals surface area contributed by atoms with Gasteiger partial charge in [0, 0.05) is 17.3 Å². The lowest BCUT2D eigenvalue weighted by Crippen LogP contribution is -2.18. The van der Waals surface area contributed by atoms with E-state index in [-0.39, 0.29) is 4.90 Å². The number of sulfonamides is 1. The molecule has 4 nitrogen and oxygen atoms in total. The molecule has 0 heterocycles. The Morgan fingerprint density at radius 2 is 1.85 bits per heavy atom. The minimum atomic E-state index is -3.43. The predicted octanol–water partition coefficient (Wildman–Crippen LogP) is 2.86. The second kappa shape index (κ2) is 6.26. The van der Waals surface area contributed by atoms with Crippen LogP contribution in [0.1, 0.15) is 5.56 Å². The van der Waals surface area contributed by atoms with Crippen LogP contribution in [-0.4, -0.2) is 15.5 Å². The van der Waals surface area contributed by atoms with Gasteiger partial charge in [-0.05, 0) is 36.9 Å². The molecule has 0 saturated heterocycles. The molecule has 2 N–H and O–H groups in total. The maximum atomic E-state index is 11.7. The summed E-state index contributed by atoms with van der Waals surface area (Å²) < 4.78 is 25.7. The fourth-order valence-electron chi connectivity index (χ4n) is 1.73. The smallest absolute Gasteiger partial charge is 0.240 e. The molecule has 0 fully saturated rings. The topological polar surface area (TPSA) is 58.2 Å². The van der Waals surface area contributed by atoms with Crippen LogP contribution in [0.3, 0.4) is 0 Å². The van der Waals surface area contributed by atoms with Gasteiger partial charge in [0.25, 0.3) is 0 Å². The van der Waals surface area contributed by atoms with Gasteiger partial charge in [0.2, 0.25) is 10.0 Å². The molecular weight excluding hydrogens is 296 g/mol. The monoisotopic (exact) mass is 310 g/mol. The van der Waals surface area contributed by atoms with E-state index < -0.39 is 10.0 Å².